The fourth-order valence-corrected chi connectivity index (χ4v) is 3.26. The topological polar surface area (TPSA) is 105 Å². The van der Waals surface area contributed by atoms with Gasteiger partial charge in [0.15, 0.2) is 0 Å². The standard InChI is InChI=1S/C22H23FN4O4/c1-31-20(28)11-12-26(14-15-5-3-2-4-6-15)22(30)18-13-19(21(24)29)27(25-18)17-9-7-16(23)8-10-17/h2-10,19H,11-14H2,1H3,(H2,24,29). The van der Waals surface area contributed by atoms with Crippen molar-refractivity contribution in [3.05, 3.63) is 66.0 Å². The molecule has 1 aliphatic rings. The number of ether oxygens (including phenoxy) is 1. The first-order chi connectivity index (χ1) is 14.9. The third-order valence-electron chi connectivity index (χ3n) is 4.89. The van der Waals surface area contributed by atoms with Crippen LogP contribution in [0.2, 0.25) is 0 Å². The minimum Gasteiger partial charge on any atom is -0.469 e. The summed E-state index contributed by atoms with van der Waals surface area (Å²) in [6, 6.07) is 13.8. The number of hydrazone groups is 1. The van der Waals surface area contributed by atoms with E-state index in [0.717, 1.165) is 5.56 Å². The fraction of sp³-hybridized carbons (Fsp3) is 0.273. The van der Waals surface area contributed by atoms with E-state index in [1.807, 2.05) is 30.3 Å². The number of carbonyl (C=O) groups excluding carboxylic acids is 3. The van der Waals surface area contributed by atoms with Crippen molar-refractivity contribution in [1.82, 2.24) is 4.90 Å². The molecular weight excluding hydrogens is 403 g/mol. The van der Waals surface area contributed by atoms with E-state index < -0.39 is 29.6 Å². The van der Waals surface area contributed by atoms with E-state index in [9.17, 15) is 18.8 Å². The molecule has 8 nitrogen and oxygen atoms in total. The molecule has 0 saturated carbocycles. The number of methoxy groups -OCH3 is 1. The van der Waals surface area contributed by atoms with Gasteiger partial charge in [0.05, 0.1) is 19.2 Å². The summed E-state index contributed by atoms with van der Waals surface area (Å²) in [6.45, 7) is 0.380. The summed E-state index contributed by atoms with van der Waals surface area (Å²) in [6.07, 6.45) is 0.0261. The highest BCUT2D eigenvalue weighted by atomic mass is 19.1. The molecule has 2 aromatic carbocycles. The van der Waals surface area contributed by atoms with Crippen LogP contribution in [0.25, 0.3) is 0 Å². The summed E-state index contributed by atoms with van der Waals surface area (Å²) in [4.78, 5) is 38.3. The first kappa shape index (κ1) is 21.9. The molecule has 0 radical (unpaired) electrons. The molecule has 0 aromatic heterocycles. The van der Waals surface area contributed by atoms with Crippen LogP contribution in [0.5, 0.6) is 0 Å². The lowest BCUT2D eigenvalue weighted by atomic mass is 10.1. The van der Waals surface area contributed by atoms with Gasteiger partial charge in [0.1, 0.15) is 17.6 Å². The van der Waals surface area contributed by atoms with Gasteiger partial charge >= 0.3 is 5.97 Å². The Kier molecular flexibility index (Phi) is 6.96. The molecule has 0 fully saturated rings. The maximum atomic E-state index is 13.3. The Morgan fingerprint density at radius 1 is 1.16 bits per heavy atom. The molecule has 1 aliphatic heterocycles. The molecule has 0 saturated heterocycles. The third-order valence-corrected chi connectivity index (χ3v) is 4.89. The van der Waals surface area contributed by atoms with E-state index in [0.29, 0.717) is 5.69 Å². The van der Waals surface area contributed by atoms with Gasteiger partial charge in [0.25, 0.3) is 5.91 Å². The summed E-state index contributed by atoms with van der Waals surface area (Å²) in [5, 5.41) is 5.65. The quantitative estimate of drug-likeness (QED) is 0.649. The lowest BCUT2D eigenvalue weighted by Gasteiger charge is -2.22. The molecule has 2 aromatic rings. The van der Waals surface area contributed by atoms with Gasteiger partial charge in [0.2, 0.25) is 5.91 Å². The molecule has 1 unspecified atom stereocenters. The van der Waals surface area contributed by atoms with Crippen molar-refractivity contribution in [2.24, 2.45) is 10.8 Å². The van der Waals surface area contributed by atoms with Crippen LogP contribution in [0, 0.1) is 5.82 Å². The van der Waals surface area contributed by atoms with Crippen LogP contribution in [-0.4, -0.2) is 48.1 Å². The molecule has 0 bridgehead atoms. The number of hydrogen-bond acceptors (Lipinski definition) is 6. The van der Waals surface area contributed by atoms with E-state index in [1.165, 1.54) is 41.3 Å². The van der Waals surface area contributed by atoms with Crippen molar-refractivity contribution in [2.75, 3.05) is 18.7 Å². The van der Waals surface area contributed by atoms with Crippen molar-refractivity contribution in [2.45, 2.75) is 25.4 Å². The number of hydrogen-bond donors (Lipinski definition) is 1. The maximum Gasteiger partial charge on any atom is 0.307 e. The molecular formula is C22H23FN4O4. The predicted octanol–water partition coefficient (Wildman–Crippen LogP) is 1.84. The molecule has 162 valence electrons. The summed E-state index contributed by atoms with van der Waals surface area (Å²) < 4.78 is 18.0. The number of carbonyl (C=O) groups is 3. The van der Waals surface area contributed by atoms with Crippen LogP contribution < -0.4 is 10.7 Å². The second-order valence-electron chi connectivity index (χ2n) is 7.03. The summed E-state index contributed by atoms with van der Waals surface area (Å²) in [7, 11) is 1.28. The van der Waals surface area contributed by atoms with Crippen molar-refractivity contribution >= 4 is 29.2 Å². The number of nitrogens with zero attached hydrogens (tertiary/aromatic N) is 3. The van der Waals surface area contributed by atoms with Crippen LogP contribution >= 0.6 is 0 Å². The van der Waals surface area contributed by atoms with Gasteiger partial charge in [0, 0.05) is 19.5 Å². The summed E-state index contributed by atoms with van der Waals surface area (Å²) in [5.41, 5.74) is 6.97. The molecule has 0 aliphatic carbocycles. The van der Waals surface area contributed by atoms with Gasteiger partial charge in [-0.25, -0.2) is 4.39 Å². The van der Waals surface area contributed by atoms with E-state index >= 15 is 0 Å². The zero-order valence-electron chi connectivity index (χ0n) is 17.0. The number of nitrogens with two attached hydrogens (primary N) is 1. The number of esters is 1. The monoisotopic (exact) mass is 426 g/mol. The minimum atomic E-state index is -0.872. The van der Waals surface area contributed by atoms with Crippen molar-refractivity contribution in [3.8, 4) is 0 Å². The zero-order valence-corrected chi connectivity index (χ0v) is 17.0. The first-order valence-corrected chi connectivity index (χ1v) is 9.70. The predicted molar refractivity (Wildman–Crippen MR) is 112 cm³/mol. The number of anilines is 1. The van der Waals surface area contributed by atoms with Gasteiger partial charge in [-0.05, 0) is 29.8 Å². The Morgan fingerprint density at radius 3 is 2.45 bits per heavy atom. The van der Waals surface area contributed by atoms with E-state index in [-0.39, 0.29) is 31.6 Å². The van der Waals surface area contributed by atoms with Gasteiger partial charge < -0.3 is 15.4 Å². The number of benzene rings is 2. The van der Waals surface area contributed by atoms with E-state index in [1.54, 1.807) is 0 Å². The Bertz CT molecular complexity index is 979. The zero-order chi connectivity index (χ0) is 22.4. The van der Waals surface area contributed by atoms with Crippen LogP contribution in [0.3, 0.4) is 0 Å². The minimum absolute atomic E-state index is 0.00899. The molecule has 0 spiro atoms. The maximum absolute atomic E-state index is 13.3. The van der Waals surface area contributed by atoms with E-state index in [2.05, 4.69) is 9.84 Å². The summed E-state index contributed by atoms with van der Waals surface area (Å²) in [5.74, 6) is -1.94. The number of primary amides is 1. The molecule has 2 N–H and O–H groups in total. The fourth-order valence-electron chi connectivity index (χ4n) is 3.26. The third kappa shape index (κ3) is 5.44. The van der Waals surface area contributed by atoms with Crippen LogP contribution in [0.4, 0.5) is 10.1 Å². The number of rotatable bonds is 8. The average molecular weight is 426 g/mol. The molecule has 2 amide bonds. The van der Waals surface area contributed by atoms with Gasteiger partial charge in [-0.1, -0.05) is 30.3 Å². The Labute approximate surface area is 179 Å². The largest absolute Gasteiger partial charge is 0.469 e. The van der Waals surface area contributed by atoms with Gasteiger partial charge in [-0.3, -0.25) is 19.4 Å². The Hall–Kier alpha value is -3.75. The van der Waals surface area contributed by atoms with Crippen molar-refractivity contribution in [1.29, 1.82) is 0 Å². The molecule has 9 heteroatoms. The highest BCUT2D eigenvalue weighted by Gasteiger charge is 2.36. The summed E-state index contributed by atoms with van der Waals surface area (Å²) >= 11 is 0. The second kappa shape index (κ2) is 9.84. The molecule has 1 heterocycles. The van der Waals surface area contributed by atoms with Crippen molar-refractivity contribution < 1.29 is 23.5 Å². The highest BCUT2D eigenvalue weighted by Crippen LogP contribution is 2.25. The average Bonchev–Trinajstić information content (AvgIpc) is 3.23. The first-order valence-electron chi connectivity index (χ1n) is 9.70. The molecule has 1 atom stereocenters. The molecule has 3 rings (SSSR count). The Balaban J connectivity index is 1.85. The van der Waals surface area contributed by atoms with E-state index in [4.69, 9.17) is 5.73 Å². The van der Waals surface area contributed by atoms with Crippen molar-refractivity contribution in [3.63, 3.8) is 0 Å². The highest BCUT2D eigenvalue weighted by molar-refractivity contribution is 6.40. The van der Waals surface area contributed by atoms with Crippen LogP contribution in [0.1, 0.15) is 18.4 Å². The lowest BCUT2D eigenvalue weighted by molar-refractivity contribution is -0.141. The lowest BCUT2D eigenvalue weighted by Crippen LogP contribution is -2.40. The second-order valence-corrected chi connectivity index (χ2v) is 7.03. The van der Waals surface area contributed by atoms with Gasteiger partial charge in [-0.15, -0.1) is 0 Å². The Morgan fingerprint density at radius 2 is 1.84 bits per heavy atom. The molecule has 31 heavy (non-hydrogen) atoms. The van der Waals surface area contributed by atoms with Gasteiger partial charge in [-0.2, -0.15) is 5.10 Å². The van der Waals surface area contributed by atoms with Crippen LogP contribution in [0.15, 0.2) is 59.7 Å². The normalized spacial score (nSPS) is 15.4. The number of halogens is 1. The smallest absolute Gasteiger partial charge is 0.307 e. The SMILES string of the molecule is COC(=O)CCN(Cc1ccccc1)C(=O)C1=NN(c2ccc(F)cc2)C(C(N)=O)C1. The van der Waals surface area contributed by atoms with Crippen LogP contribution in [-0.2, 0) is 25.7 Å². The number of amides is 2.